The fourth-order valence-electron chi connectivity index (χ4n) is 1.05. The summed E-state index contributed by atoms with van der Waals surface area (Å²) in [6.45, 7) is -0.258. The maximum atomic E-state index is 12.9. The number of alkyl halides is 4. The molecule has 1 N–H and O–H groups in total. The second-order valence-electron chi connectivity index (χ2n) is 3.26. The Morgan fingerprint density at radius 1 is 1.35 bits per heavy atom. The largest absolute Gasteiger partial charge is 0.491 e. The molecule has 1 aromatic rings. The molecule has 0 amide bonds. The van der Waals surface area contributed by atoms with Crippen LogP contribution in [0.2, 0.25) is 0 Å². The Morgan fingerprint density at radius 3 is 2.53 bits per heavy atom. The minimum absolute atomic E-state index is 0.104. The highest BCUT2D eigenvalue weighted by Crippen LogP contribution is 2.33. The lowest BCUT2D eigenvalue weighted by molar-refractivity contribution is -0.140. The predicted molar refractivity (Wildman–Crippen MR) is 53.6 cm³/mol. The summed E-state index contributed by atoms with van der Waals surface area (Å²) in [5, 5.41) is 9.05. The molecule has 0 bridgehead atoms. The lowest BCUT2D eigenvalue weighted by atomic mass is 10.2. The van der Waals surface area contributed by atoms with Gasteiger partial charge in [-0.15, -0.1) is 11.6 Å². The minimum atomic E-state index is -4.78. The van der Waals surface area contributed by atoms with E-state index in [1.165, 1.54) is 0 Å². The van der Waals surface area contributed by atoms with E-state index in [0.29, 0.717) is 12.1 Å². The molecule has 0 radical (unpaired) electrons. The van der Waals surface area contributed by atoms with Crippen LogP contribution in [0, 0.1) is 5.82 Å². The Bertz CT molecular complexity index is 381. The number of ether oxygens (including phenoxy) is 1. The van der Waals surface area contributed by atoms with E-state index in [9.17, 15) is 17.6 Å². The van der Waals surface area contributed by atoms with Gasteiger partial charge in [0.2, 0.25) is 0 Å². The zero-order valence-corrected chi connectivity index (χ0v) is 9.22. The van der Waals surface area contributed by atoms with Crippen LogP contribution in [-0.4, -0.2) is 23.7 Å². The quantitative estimate of drug-likeness (QED) is 0.675. The molecule has 0 fully saturated rings. The van der Waals surface area contributed by atoms with Crippen LogP contribution in [0.1, 0.15) is 5.56 Å². The zero-order valence-electron chi connectivity index (χ0n) is 8.47. The Hall–Kier alpha value is -1.01. The van der Waals surface area contributed by atoms with Crippen molar-refractivity contribution in [1.29, 1.82) is 0 Å². The number of hydrogen-bond acceptors (Lipinski definition) is 2. The predicted octanol–water partition coefficient (Wildman–Crippen LogP) is 2.82. The van der Waals surface area contributed by atoms with Gasteiger partial charge in [0.1, 0.15) is 24.3 Å². The van der Waals surface area contributed by atoms with Crippen LogP contribution >= 0.6 is 11.6 Å². The van der Waals surface area contributed by atoms with E-state index in [1.807, 2.05) is 0 Å². The van der Waals surface area contributed by atoms with Gasteiger partial charge in [-0.05, 0) is 18.2 Å². The topological polar surface area (TPSA) is 29.5 Å². The summed E-state index contributed by atoms with van der Waals surface area (Å²) >= 11 is 5.28. The molecular formula is C10H9ClF4O2. The summed E-state index contributed by atoms with van der Waals surface area (Å²) in [4.78, 5) is 0. The first-order chi connectivity index (χ1) is 7.84. The van der Waals surface area contributed by atoms with E-state index in [1.54, 1.807) is 0 Å². The molecule has 0 saturated carbocycles. The Morgan fingerprint density at radius 2 is 2.00 bits per heavy atom. The summed E-state index contributed by atoms with van der Waals surface area (Å²) < 4.78 is 54.7. The molecule has 7 heteroatoms. The summed E-state index contributed by atoms with van der Waals surface area (Å²) in [6.07, 6.45) is -5.77. The highest BCUT2D eigenvalue weighted by Gasteiger charge is 2.34. The first-order valence-corrected chi connectivity index (χ1v) is 5.11. The normalized spacial score (nSPS) is 13.5. The molecule has 1 unspecified atom stereocenters. The molecule has 0 aliphatic rings. The molecule has 1 rings (SSSR count). The van der Waals surface area contributed by atoms with Crippen molar-refractivity contribution in [2.24, 2.45) is 0 Å². The lowest BCUT2D eigenvalue weighted by Crippen LogP contribution is -2.19. The van der Waals surface area contributed by atoms with E-state index < -0.39 is 23.7 Å². The van der Waals surface area contributed by atoms with Crippen molar-refractivity contribution in [3.8, 4) is 5.75 Å². The van der Waals surface area contributed by atoms with Gasteiger partial charge in [0.05, 0.1) is 11.4 Å². The Kier molecular flexibility index (Phi) is 4.59. The lowest BCUT2D eigenvalue weighted by Gasteiger charge is -2.12. The van der Waals surface area contributed by atoms with Crippen molar-refractivity contribution in [3.63, 3.8) is 0 Å². The minimum Gasteiger partial charge on any atom is -0.491 e. The third-order valence-corrected chi connectivity index (χ3v) is 2.22. The molecule has 0 saturated heterocycles. The van der Waals surface area contributed by atoms with Crippen LogP contribution in [-0.2, 0) is 6.18 Å². The molecular weight excluding hydrogens is 264 g/mol. The van der Waals surface area contributed by atoms with Gasteiger partial charge in [-0.1, -0.05) is 0 Å². The van der Waals surface area contributed by atoms with Gasteiger partial charge < -0.3 is 9.84 Å². The maximum Gasteiger partial charge on any atom is 0.419 e. The molecule has 0 spiro atoms. The fraction of sp³-hybridized carbons (Fsp3) is 0.400. The van der Waals surface area contributed by atoms with E-state index in [0.717, 1.165) is 6.07 Å². The van der Waals surface area contributed by atoms with E-state index in [4.69, 9.17) is 21.4 Å². The second kappa shape index (κ2) is 5.55. The van der Waals surface area contributed by atoms with Crippen molar-refractivity contribution in [1.82, 2.24) is 0 Å². The van der Waals surface area contributed by atoms with Gasteiger partial charge in [-0.2, -0.15) is 13.2 Å². The van der Waals surface area contributed by atoms with Crippen molar-refractivity contribution in [3.05, 3.63) is 29.6 Å². The van der Waals surface area contributed by atoms with Gasteiger partial charge in [-0.25, -0.2) is 4.39 Å². The molecule has 0 heterocycles. The SMILES string of the molecule is OC(CCl)COc1ccc(F)c(C(F)(F)F)c1. The van der Waals surface area contributed by atoms with Crippen molar-refractivity contribution in [2.75, 3.05) is 12.5 Å². The van der Waals surface area contributed by atoms with Crippen LogP contribution < -0.4 is 4.74 Å². The van der Waals surface area contributed by atoms with E-state index >= 15 is 0 Å². The second-order valence-corrected chi connectivity index (χ2v) is 3.57. The molecule has 96 valence electrons. The number of aliphatic hydroxyl groups is 1. The number of benzene rings is 1. The highest BCUT2D eigenvalue weighted by atomic mass is 35.5. The van der Waals surface area contributed by atoms with Crippen molar-refractivity contribution < 1.29 is 27.4 Å². The third kappa shape index (κ3) is 4.05. The fourth-order valence-corrected chi connectivity index (χ4v) is 1.14. The van der Waals surface area contributed by atoms with Gasteiger partial charge >= 0.3 is 6.18 Å². The van der Waals surface area contributed by atoms with Gasteiger partial charge in [0, 0.05) is 0 Å². The number of halogens is 5. The monoisotopic (exact) mass is 272 g/mol. The summed E-state index contributed by atoms with van der Waals surface area (Å²) in [5.41, 5.74) is -1.41. The van der Waals surface area contributed by atoms with Crippen LogP contribution in [0.4, 0.5) is 17.6 Å². The van der Waals surface area contributed by atoms with E-state index in [-0.39, 0.29) is 18.2 Å². The average Bonchev–Trinajstić information content (AvgIpc) is 2.26. The Labute approximate surface area is 99.8 Å². The van der Waals surface area contributed by atoms with Crippen LogP contribution in [0.25, 0.3) is 0 Å². The molecule has 1 aromatic carbocycles. The number of aliphatic hydroxyl groups excluding tert-OH is 1. The molecule has 0 aromatic heterocycles. The molecule has 2 nitrogen and oxygen atoms in total. The third-order valence-electron chi connectivity index (χ3n) is 1.86. The molecule has 0 aliphatic carbocycles. The van der Waals surface area contributed by atoms with Crippen molar-refractivity contribution in [2.45, 2.75) is 12.3 Å². The van der Waals surface area contributed by atoms with Crippen LogP contribution in [0.5, 0.6) is 5.75 Å². The standard InChI is InChI=1S/C10H9ClF4O2/c11-4-6(16)5-17-7-1-2-9(12)8(3-7)10(13,14)15/h1-3,6,16H,4-5H2. The van der Waals surface area contributed by atoms with Gasteiger partial charge in [-0.3, -0.25) is 0 Å². The maximum absolute atomic E-state index is 12.9. The van der Waals surface area contributed by atoms with Gasteiger partial charge in [0.25, 0.3) is 0 Å². The molecule has 17 heavy (non-hydrogen) atoms. The van der Waals surface area contributed by atoms with Crippen molar-refractivity contribution >= 4 is 11.6 Å². The first kappa shape index (κ1) is 14.1. The summed E-state index contributed by atoms with van der Waals surface area (Å²) in [6, 6.07) is 2.24. The first-order valence-electron chi connectivity index (χ1n) is 4.58. The molecule has 0 aliphatic heterocycles. The molecule has 1 atom stereocenters. The smallest absolute Gasteiger partial charge is 0.419 e. The highest BCUT2D eigenvalue weighted by molar-refractivity contribution is 6.18. The Balaban J connectivity index is 2.82. The van der Waals surface area contributed by atoms with Crippen LogP contribution in [0.15, 0.2) is 18.2 Å². The average molecular weight is 273 g/mol. The van der Waals surface area contributed by atoms with Gasteiger partial charge in [0.15, 0.2) is 0 Å². The zero-order chi connectivity index (χ0) is 13.1. The number of rotatable bonds is 4. The van der Waals surface area contributed by atoms with E-state index in [2.05, 4.69) is 0 Å². The number of hydrogen-bond donors (Lipinski definition) is 1. The summed E-state index contributed by atoms with van der Waals surface area (Å²) in [5.74, 6) is -1.65. The van der Waals surface area contributed by atoms with Crippen LogP contribution in [0.3, 0.4) is 0 Å². The summed E-state index contributed by atoms with van der Waals surface area (Å²) in [7, 11) is 0.